The molecule has 2 aromatic heterocycles. The van der Waals surface area contributed by atoms with E-state index < -0.39 is 6.17 Å². The zero-order valence-corrected chi connectivity index (χ0v) is 13.0. The van der Waals surface area contributed by atoms with Crippen molar-refractivity contribution in [1.29, 1.82) is 0 Å². The first-order chi connectivity index (χ1) is 11.3. The minimum atomic E-state index is -0.895. The van der Waals surface area contributed by atoms with Gasteiger partial charge in [-0.25, -0.2) is 4.39 Å². The van der Waals surface area contributed by atoms with Crippen molar-refractivity contribution in [2.45, 2.75) is 32.0 Å². The molecule has 3 nitrogen and oxygen atoms in total. The Labute approximate surface area is 135 Å². The van der Waals surface area contributed by atoms with Gasteiger partial charge in [0.2, 0.25) is 0 Å². The van der Waals surface area contributed by atoms with E-state index in [-0.39, 0.29) is 6.54 Å². The van der Waals surface area contributed by atoms with Crippen LogP contribution in [0.15, 0.2) is 53.4 Å². The van der Waals surface area contributed by atoms with Crippen molar-refractivity contribution in [3.63, 3.8) is 0 Å². The molecule has 4 rings (SSSR count). The number of aliphatic imine (C=N–C) groups is 1. The second-order valence-electron chi connectivity index (χ2n) is 6.43. The number of pyridine rings is 1. The summed E-state index contributed by atoms with van der Waals surface area (Å²) in [4.78, 5) is 8.64. The van der Waals surface area contributed by atoms with Crippen LogP contribution in [-0.4, -0.2) is 28.0 Å². The molecule has 0 aromatic carbocycles. The van der Waals surface area contributed by atoms with Crippen molar-refractivity contribution in [3.8, 4) is 0 Å². The van der Waals surface area contributed by atoms with Gasteiger partial charge in [0.15, 0.2) is 0 Å². The molecule has 3 heterocycles. The highest BCUT2D eigenvalue weighted by Crippen LogP contribution is 2.31. The third-order valence-corrected chi connectivity index (χ3v) is 4.47. The molecule has 1 atom stereocenters. The van der Waals surface area contributed by atoms with Crippen molar-refractivity contribution in [2.75, 3.05) is 6.54 Å². The van der Waals surface area contributed by atoms with E-state index in [1.165, 1.54) is 12.8 Å². The smallest absolute Gasteiger partial charge is 0.124 e. The Balaban J connectivity index is 1.68. The van der Waals surface area contributed by atoms with Crippen molar-refractivity contribution < 1.29 is 4.39 Å². The molecular weight excluding hydrogens is 289 g/mol. The summed E-state index contributed by atoms with van der Waals surface area (Å²) >= 11 is 0. The van der Waals surface area contributed by atoms with Crippen molar-refractivity contribution in [3.05, 3.63) is 59.7 Å². The normalized spacial score (nSPS) is 23.1. The van der Waals surface area contributed by atoms with Crippen LogP contribution in [0.4, 0.5) is 4.39 Å². The molecule has 0 N–H and O–H groups in total. The first kappa shape index (κ1) is 14.4. The summed E-state index contributed by atoms with van der Waals surface area (Å²) in [5.74, 6) is 0.811. The molecule has 0 bridgehead atoms. The maximum absolute atomic E-state index is 13.9. The molecule has 2 aliphatic rings. The van der Waals surface area contributed by atoms with Crippen molar-refractivity contribution in [2.24, 2.45) is 10.9 Å². The molecule has 1 aliphatic carbocycles. The molecule has 0 spiro atoms. The van der Waals surface area contributed by atoms with E-state index in [0.717, 1.165) is 35.0 Å². The summed E-state index contributed by atoms with van der Waals surface area (Å²) in [5, 5.41) is 0. The SMILES string of the molecule is FC1CN=C(c2cccnc2)C(=Cc2cccn2CC2CC2)C1. The van der Waals surface area contributed by atoms with E-state index in [0.29, 0.717) is 6.42 Å². The van der Waals surface area contributed by atoms with E-state index >= 15 is 0 Å². The lowest BCUT2D eigenvalue weighted by Gasteiger charge is -2.19. The molecule has 1 fully saturated rings. The Kier molecular flexibility index (Phi) is 3.82. The molecule has 2 aromatic rings. The Morgan fingerprint density at radius 1 is 1.26 bits per heavy atom. The standard InChI is InChI=1S/C19H20FN3/c20-17-9-16(19(22-12-17)15-3-1-7-21-11-15)10-18-4-2-8-23(18)13-14-5-6-14/h1-4,7-8,10-11,14,17H,5-6,9,12-13H2. The molecule has 0 saturated heterocycles. The molecule has 23 heavy (non-hydrogen) atoms. The summed E-state index contributed by atoms with van der Waals surface area (Å²) < 4.78 is 16.2. The summed E-state index contributed by atoms with van der Waals surface area (Å²) in [7, 11) is 0. The Bertz CT molecular complexity index is 741. The molecule has 0 radical (unpaired) electrons. The Hall–Kier alpha value is -2.23. The van der Waals surface area contributed by atoms with E-state index in [1.807, 2.05) is 12.1 Å². The lowest BCUT2D eigenvalue weighted by atomic mass is 9.95. The zero-order chi connectivity index (χ0) is 15.6. The van der Waals surface area contributed by atoms with Crippen LogP contribution < -0.4 is 0 Å². The van der Waals surface area contributed by atoms with Gasteiger partial charge >= 0.3 is 0 Å². The van der Waals surface area contributed by atoms with Gasteiger partial charge in [-0.3, -0.25) is 9.98 Å². The predicted molar refractivity (Wildman–Crippen MR) is 90.3 cm³/mol. The van der Waals surface area contributed by atoms with E-state index in [2.05, 4.69) is 38.9 Å². The molecule has 0 amide bonds. The average Bonchev–Trinajstić information content (AvgIpc) is 3.28. The number of hydrogen-bond donors (Lipinski definition) is 0. The quantitative estimate of drug-likeness (QED) is 0.842. The minimum Gasteiger partial charge on any atom is -0.348 e. The van der Waals surface area contributed by atoms with Crippen molar-refractivity contribution >= 4 is 11.8 Å². The largest absolute Gasteiger partial charge is 0.348 e. The highest BCUT2D eigenvalue weighted by Gasteiger charge is 2.23. The third kappa shape index (κ3) is 3.26. The maximum atomic E-state index is 13.9. The summed E-state index contributed by atoms with van der Waals surface area (Å²) in [5.41, 5.74) is 3.95. The van der Waals surface area contributed by atoms with E-state index in [4.69, 9.17) is 0 Å². The molecule has 1 aliphatic heterocycles. The minimum absolute atomic E-state index is 0.241. The van der Waals surface area contributed by atoms with Crippen LogP contribution in [0.1, 0.15) is 30.5 Å². The number of nitrogens with zero attached hydrogens (tertiary/aromatic N) is 3. The van der Waals surface area contributed by atoms with Gasteiger partial charge in [-0.05, 0) is 54.7 Å². The molecule has 118 valence electrons. The summed E-state index contributed by atoms with van der Waals surface area (Å²) in [6, 6.07) is 8.04. The van der Waals surface area contributed by atoms with Gasteiger partial charge < -0.3 is 4.57 Å². The van der Waals surface area contributed by atoms with E-state index in [9.17, 15) is 4.39 Å². The van der Waals surface area contributed by atoms with Crippen LogP contribution >= 0.6 is 0 Å². The second-order valence-corrected chi connectivity index (χ2v) is 6.43. The fourth-order valence-electron chi connectivity index (χ4n) is 3.08. The van der Waals surface area contributed by atoms with Crippen LogP contribution in [0.5, 0.6) is 0 Å². The lowest BCUT2D eigenvalue weighted by Crippen LogP contribution is -2.20. The fourth-order valence-corrected chi connectivity index (χ4v) is 3.08. The Morgan fingerprint density at radius 3 is 2.96 bits per heavy atom. The number of aromatic nitrogens is 2. The topological polar surface area (TPSA) is 30.2 Å². The van der Waals surface area contributed by atoms with Gasteiger partial charge in [0.05, 0.1) is 12.3 Å². The summed E-state index contributed by atoms with van der Waals surface area (Å²) in [6.07, 6.45) is 9.92. The first-order valence-corrected chi connectivity index (χ1v) is 8.24. The van der Waals surface area contributed by atoms with Crippen LogP contribution in [0, 0.1) is 5.92 Å². The third-order valence-electron chi connectivity index (χ3n) is 4.47. The van der Waals surface area contributed by atoms with E-state index in [1.54, 1.807) is 12.4 Å². The average molecular weight is 309 g/mol. The van der Waals surface area contributed by atoms with Gasteiger partial charge in [-0.2, -0.15) is 0 Å². The molecule has 4 heteroatoms. The second kappa shape index (κ2) is 6.11. The van der Waals surface area contributed by atoms with Crippen LogP contribution in [0.25, 0.3) is 6.08 Å². The van der Waals surface area contributed by atoms with Gasteiger partial charge in [0.1, 0.15) is 6.17 Å². The zero-order valence-electron chi connectivity index (χ0n) is 13.0. The number of rotatable bonds is 4. The monoisotopic (exact) mass is 309 g/mol. The lowest BCUT2D eigenvalue weighted by molar-refractivity contribution is 0.338. The number of halogens is 1. The molecular formula is C19H20FN3. The van der Waals surface area contributed by atoms with Crippen LogP contribution in [0.3, 0.4) is 0 Å². The highest BCUT2D eigenvalue weighted by molar-refractivity contribution is 6.15. The Morgan fingerprint density at radius 2 is 2.17 bits per heavy atom. The van der Waals surface area contributed by atoms with Gasteiger partial charge in [0.25, 0.3) is 0 Å². The van der Waals surface area contributed by atoms with Crippen LogP contribution in [-0.2, 0) is 6.54 Å². The molecule has 1 unspecified atom stereocenters. The summed E-state index contributed by atoms with van der Waals surface area (Å²) in [6.45, 7) is 1.30. The highest BCUT2D eigenvalue weighted by atomic mass is 19.1. The predicted octanol–water partition coefficient (Wildman–Crippen LogP) is 3.91. The van der Waals surface area contributed by atoms with Crippen LogP contribution in [0.2, 0.25) is 0 Å². The first-order valence-electron chi connectivity index (χ1n) is 8.24. The van der Waals surface area contributed by atoms with Crippen molar-refractivity contribution in [1.82, 2.24) is 9.55 Å². The van der Waals surface area contributed by atoms with Gasteiger partial charge in [-0.1, -0.05) is 0 Å². The maximum Gasteiger partial charge on any atom is 0.124 e. The number of hydrogen-bond acceptors (Lipinski definition) is 2. The van der Waals surface area contributed by atoms with Gasteiger partial charge in [0, 0.05) is 42.8 Å². The number of allylic oxidation sites excluding steroid dienone is 1. The van der Waals surface area contributed by atoms with Gasteiger partial charge in [-0.15, -0.1) is 0 Å². The fraction of sp³-hybridized carbons (Fsp3) is 0.368. The number of alkyl halides is 1. The molecule has 1 saturated carbocycles.